The van der Waals surface area contributed by atoms with E-state index in [4.69, 9.17) is 9.94 Å². The first-order valence-corrected chi connectivity index (χ1v) is 10.1. The molecule has 1 atom stereocenters. The first kappa shape index (κ1) is 20.2. The molecule has 2 aliphatic rings. The Morgan fingerprint density at radius 2 is 1.80 bits per heavy atom. The second kappa shape index (κ2) is 8.73. The number of carbonyl (C=O) groups excluding carboxylic acids is 2. The number of fused-ring (bicyclic) bond motifs is 1. The molecule has 2 aromatic carbocycles. The number of urea groups is 1. The first-order valence-electron chi connectivity index (χ1n) is 10.1. The number of likely N-dealkylation sites (N-methyl/N-ethyl adjacent to an activating group) is 1. The third-order valence-electron chi connectivity index (χ3n) is 5.75. The lowest BCUT2D eigenvalue weighted by atomic mass is 10.1. The van der Waals surface area contributed by atoms with Crippen LogP contribution in [-0.4, -0.2) is 71.7 Å². The molecule has 2 N–H and O–H groups in total. The number of hydroxylamine groups is 1. The molecule has 0 aliphatic carbocycles. The fourth-order valence-corrected chi connectivity index (χ4v) is 3.91. The van der Waals surface area contributed by atoms with Gasteiger partial charge >= 0.3 is 6.03 Å². The van der Waals surface area contributed by atoms with Crippen LogP contribution in [0.15, 0.2) is 48.5 Å². The number of hydrogen-bond donors (Lipinski definition) is 2. The highest BCUT2D eigenvalue weighted by Gasteiger charge is 2.33. The van der Waals surface area contributed by atoms with Crippen molar-refractivity contribution in [2.24, 2.45) is 0 Å². The summed E-state index contributed by atoms with van der Waals surface area (Å²) in [5, 5.41) is 8.91. The maximum Gasteiger partial charge on any atom is 0.321 e. The molecule has 1 fully saturated rings. The molecule has 8 nitrogen and oxygen atoms in total. The third kappa shape index (κ3) is 4.10. The minimum absolute atomic E-state index is 0.00872. The molecular weight excluding hydrogens is 384 g/mol. The maximum absolute atomic E-state index is 13.5. The molecule has 30 heavy (non-hydrogen) atoms. The molecule has 2 heterocycles. The van der Waals surface area contributed by atoms with Crippen LogP contribution in [0, 0.1) is 0 Å². The van der Waals surface area contributed by atoms with Gasteiger partial charge < -0.3 is 19.4 Å². The Balaban J connectivity index is 1.66. The molecule has 3 amide bonds. The molecule has 2 aliphatic heterocycles. The normalized spacial score (nSPS) is 19.5. The highest BCUT2D eigenvalue weighted by Crippen LogP contribution is 2.33. The fraction of sp³-hybridized carbons (Fsp3) is 0.364. The number of hydrogen-bond acceptors (Lipinski definition) is 5. The Morgan fingerprint density at radius 1 is 1.07 bits per heavy atom. The molecule has 2 aromatic rings. The van der Waals surface area contributed by atoms with E-state index in [2.05, 4.69) is 11.9 Å². The van der Waals surface area contributed by atoms with Crippen molar-refractivity contribution < 1.29 is 19.5 Å². The first-order chi connectivity index (χ1) is 14.6. The number of nitrogens with one attached hydrogen (secondary N) is 1. The van der Waals surface area contributed by atoms with Crippen LogP contribution in [0.25, 0.3) is 0 Å². The molecule has 4 rings (SSSR count). The second-order valence-electron chi connectivity index (χ2n) is 7.70. The number of piperazine rings is 1. The lowest BCUT2D eigenvalue weighted by molar-refractivity contribution is 0.0706. The van der Waals surface area contributed by atoms with Crippen molar-refractivity contribution in [1.82, 2.24) is 20.2 Å². The van der Waals surface area contributed by atoms with Gasteiger partial charge in [0.2, 0.25) is 0 Å². The quantitative estimate of drug-likeness (QED) is 0.585. The summed E-state index contributed by atoms with van der Waals surface area (Å²) in [5.41, 5.74) is 3.77. The van der Waals surface area contributed by atoms with E-state index in [1.807, 2.05) is 40.1 Å². The Morgan fingerprint density at radius 3 is 2.50 bits per heavy atom. The molecule has 0 bridgehead atoms. The lowest BCUT2D eigenvalue weighted by Crippen LogP contribution is -2.52. The van der Waals surface area contributed by atoms with E-state index < -0.39 is 5.91 Å². The second-order valence-corrected chi connectivity index (χ2v) is 7.70. The zero-order valence-corrected chi connectivity index (χ0v) is 17.0. The maximum atomic E-state index is 13.5. The van der Waals surface area contributed by atoms with E-state index in [-0.39, 0.29) is 18.7 Å². The molecule has 158 valence electrons. The Labute approximate surface area is 175 Å². The van der Waals surface area contributed by atoms with Gasteiger partial charge in [0, 0.05) is 37.3 Å². The van der Waals surface area contributed by atoms with Crippen LogP contribution in [0.4, 0.5) is 4.79 Å². The van der Waals surface area contributed by atoms with Gasteiger partial charge in [-0.2, -0.15) is 0 Å². The van der Waals surface area contributed by atoms with Gasteiger partial charge in [-0.25, -0.2) is 10.3 Å². The van der Waals surface area contributed by atoms with Crippen molar-refractivity contribution in [2.75, 3.05) is 39.8 Å². The van der Waals surface area contributed by atoms with Crippen LogP contribution in [0.2, 0.25) is 0 Å². The van der Waals surface area contributed by atoms with Crippen LogP contribution in [-0.2, 0) is 6.54 Å². The SMILES string of the molecule is CN1CCN(C(=O)N2Cc3ccc(C(=O)NO)cc3OCC2c2ccccc2)CC1. The van der Waals surface area contributed by atoms with Crippen LogP contribution in [0.5, 0.6) is 5.75 Å². The lowest BCUT2D eigenvalue weighted by Gasteiger charge is -2.38. The van der Waals surface area contributed by atoms with Crippen LogP contribution >= 0.6 is 0 Å². The van der Waals surface area contributed by atoms with Crippen molar-refractivity contribution in [2.45, 2.75) is 12.6 Å². The van der Waals surface area contributed by atoms with E-state index >= 15 is 0 Å². The van der Waals surface area contributed by atoms with Crippen molar-refractivity contribution in [3.8, 4) is 5.75 Å². The average molecular weight is 410 g/mol. The summed E-state index contributed by atoms with van der Waals surface area (Å²) in [6.07, 6.45) is 0. The molecule has 0 radical (unpaired) electrons. The molecule has 1 unspecified atom stereocenters. The zero-order chi connectivity index (χ0) is 21.1. The number of benzene rings is 2. The standard InChI is InChI=1S/C22H26N4O4/c1-24-9-11-25(12-10-24)22(28)26-14-18-8-7-17(21(27)23-29)13-20(18)30-15-19(26)16-5-3-2-4-6-16/h2-8,13,19,29H,9-12,14-15H2,1H3,(H,23,27). The van der Waals surface area contributed by atoms with E-state index in [1.54, 1.807) is 23.7 Å². The summed E-state index contributed by atoms with van der Waals surface area (Å²) in [6, 6.07) is 14.6. The van der Waals surface area contributed by atoms with Crippen LogP contribution < -0.4 is 10.2 Å². The molecule has 1 saturated heterocycles. The van der Waals surface area contributed by atoms with Crippen molar-refractivity contribution in [3.05, 3.63) is 65.2 Å². The highest BCUT2D eigenvalue weighted by molar-refractivity contribution is 5.93. The Hall–Kier alpha value is -3.10. The zero-order valence-electron chi connectivity index (χ0n) is 17.0. The van der Waals surface area contributed by atoms with E-state index in [0.29, 0.717) is 30.9 Å². The topological polar surface area (TPSA) is 85.4 Å². The molecular formula is C22H26N4O4. The highest BCUT2D eigenvalue weighted by atomic mass is 16.5. The van der Waals surface area contributed by atoms with Gasteiger partial charge in [0.1, 0.15) is 12.4 Å². The number of ether oxygens (including phenoxy) is 1. The predicted octanol–water partition coefficient (Wildman–Crippen LogP) is 2.11. The van der Waals surface area contributed by atoms with Gasteiger partial charge in [0.05, 0.1) is 12.6 Å². The van der Waals surface area contributed by atoms with Gasteiger partial charge in [-0.3, -0.25) is 10.0 Å². The summed E-state index contributed by atoms with van der Waals surface area (Å²) in [4.78, 5) is 31.3. The summed E-state index contributed by atoms with van der Waals surface area (Å²) in [5.74, 6) is -0.0543. The minimum Gasteiger partial charge on any atom is -0.491 e. The van der Waals surface area contributed by atoms with Crippen LogP contribution in [0.3, 0.4) is 0 Å². The van der Waals surface area contributed by atoms with Crippen molar-refractivity contribution >= 4 is 11.9 Å². The summed E-state index contributed by atoms with van der Waals surface area (Å²) < 4.78 is 6.05. The summed E-state index contributed by atoms with van der Waals surface area (Å²) in [6.45, 7) is 3.74. The van der Waals surface area contributed by atoms with Gasteiger partial charge in [-0.05, 0) is 24.7 Å². The molecule has 0 spiro atoms. The van der Waals surface area contributed by atoms with Crippen molar-refractivity contribution in [1.29, 1.82) is 0 Å². The van der Waals surface area contributed by atoms with E-state index in [1.165, 1.54) is 0 Å². The monoisotopic (exact) mass is 410 g/mol. The van der Waals surface area contributed by atoms with Gasteiger partial charge in [0.25, 0.3) is 5.91 Å². The number of rotatable bonds is 2. The van der Waals surface area contributed by atoms with E-state index in [0.717, 1.165) is 24.2 Å². The Kier molecular flexibility index (Phi) is 5.87. The smallest absolute Gasteiger partial charge is 0.321 e. The molecule has 0 saturated carbocycles. The minimum atomic E-state index is -0.601. The van der Waals surface area contributed by atoms with Crippen molar-refractivity contribution in [3.63, 3.8) is 0 Å². The van der Waals surface area contributed by atoms with Crippen LogP contribution in [0.1, 0.15) is 27.5 Å². The molecule has 8 heteroatoms. The number of nitrogens with zero attached hydrogens (tertiary/aromatic N) is 3. The van der Waals surface area contributed by atoms with Gasteiger partial charge in [-0.1, -0.05) is 36.4 Å². The fourth-order valence-electron chi connectivity index (χ4n) is 3.91. The van der Waals surface area contributed by atoms with Gasteiger partial charge in [-0.15, -0.1) is 0 Å². The Bertz CT molecular complexity index is 913. The largest absolute Gasteiger partial charge is 0.491 e. The van der Waals surface area contributed by atoms with Gasteiger partial charge in [0.15, 0.2) is 0 Å². The summed E-state index contributed by atoms with van der Waals surface area (Å²) >= 11 is 0. The van der Waals surface area contributed by atoms with E-state index in [9.17, 15) is 9.59 Å². The molecule has 0 aromatic heterocycles. The number of amides is 3. The summed E-state index contributed by atoms with van der Waals surface area (Å²) in [7, 11) is 2.06. The number of carbonyl (C=O) groups is 2. The third-order valence-corrected chi connectivity index (χ3v) is 5.75. The predicted molar refractivity (Wildman–Crippen MR) is 110 cm³/mol. The average Bonchev–Trinajstić information content (AvgIpc) is 2.98.